The van der Waals surface area contributed by atoms with Gasteiger partial charge in [-0.2, -0.15) is 0 Å². The fourth-order valence-electron chi connectivity index (χ4n) is 2.00. The van der Waals surface area contributed by atoms with Gasteiger partial charge in [0.25, 0.3) is 0 Å². The molecule has 2 aromatic rings. The SMILES string of the molecule is COc1ccc(S(=O)(=O)NC(C)Cc2ccco2)c(N)c1. The van der Waals surface area contributed by atoms with E-state index in [1.54, 1.807) is 31.4 Å². The number of nitrogens with two attached hydrogens (primary N) is 1. The van der Waals surface area contributed by atoms with Gasteiger partial charge < -0.3 is 14.9 Å². The van der Waals surface area contributed by atoms with Crippen LogP contribution < -0.4 is 15.2 Å². The third-order valence-electron chi connectivity index (χ3n) is 2.95. The van der Waals surface area contributed by atoms with Crippen LogP contribution in [-0.2, 0) is 16.4 Å². The summed E-state index contributed by atoms with van der Waals surface area (Å²) in [5.41, 5.74) is 5.92. The Hall–Kier alpha value is -1.99. The molecule has 21 heavy (non-hydrogen) atoms. The van der Waals surface area contributed by atoms with Crippen LogP contribution in [0.4, 0.5) is 5.69 Å². The Bertz CT molecular complexity index is 696. The molecule has 1 aromatic carbocycles. The first-order valence-corrected chi connectivity index (χ1v) is 7.89. The van der Waals surface area contributed by atoms with Gasteiger partial charge in [-0.05, 0) is 31.2 Å². The van der Waals surface area contributed by atoms with Crippen molar-refractivity contribution in [1.82, 2.24) is 4.72 Å². The molecule has 1 aromatic heterocycles. The van der Waals surface area contributed by atoms with E-state index in [0.29, 0.717) is 17.9 Å². The van der Waals surface area contributed by atoms with Crippen LogP contribution in [0.15, 0.2) is 45.9 Å². The minimum Gasteiger partial charge on any atom is -0.497 e. The van der Waals surface area contributed by atoms with E-state index in [-0.39, 0.29) is 16.6 Å². The highest BCUT2D eigenvalue weighted by molar-refractivity contribution is 7.89. The minimum atomic E-state index is -3.69. The van der Waals surface area contributed by atoms with Gasteiger partial charge >= 0.3 is 0 Å². The summed E-state index contributed by atoms with van der Waals surface area (Å²) in [6.07, 6.45) is 2.01. The number of anilines is 1. The second-order valence-corrected chi connectivity index (χ2v) is 6.39. The number of ether oxygens (including phenoxy) is 1. The van der Waals surface area contributed by atoms with Crippen molar-refractivity contribution in [2.45, 2.75) is 24.3 Å². The lowest BCUT2D eigenvalue weighted by molar-refractivity contribution is 0.414. The van der Waals surface area contributed by atoms with Crippen molar-refractivity contribution < 1.29 is 17.6 Å². The standard InChI is InChI=1S/C14H18N2O4S/c1-10(8-12-4-3-7-20-12)16-21(17,18)14-6-5-11(19-2)9-13(14)15/h3-7,9-10,16H,8,15H2,1-2H3. The number of nitrogen functional groups attached to an aromatic ring is 1. The largest absolute Gasteiger partial charge is 0.497 e. The summed E-state index contributed by atoms with van der Waals surface area (Å²) in [5.74, 6) is 1.22. The van der Waals surface area contributed by atoms with E-state index >= 15 is 0 Å². The van der Waals surface area contributed by atoms with Gasteiger partial charge in [-0.1, -0.05) is 0 Å². The van der Waals surface area contributed by atoms with Crippen molar-refractivity contribution in [2.24, 2.45) is 0 Å². The average Bonchev–Trinajstić information content (AvgIpc) is 2.90. The van der Waals surface area contributed by atoms with Crippen LogP contribution in [0.3, 0.4) is 0 Å². The van der Waals surface area contributed by atoms with Crippen molar-refractivity contribution >= 4 is 15.7 Å². The summed E-state index contributed by atoms with van der Waals surface area (Å²) >= 11 is 0. The molecule has 0 saturated carbocycles. The third kappa shape index (κ3) is 3.77. The number of hydrogen-bond donors (Lipinski definition) is 2. The van der Waals surface area contributed by atoms with Gasteiger partial charge in [0.1, 0.15) is 16.4 Å². The van der Waals surface area contributed by atoms with Gasteiger partial charge in [0.05, 0.1) is 19.1 Å². The first kappa shape index (κ1) is 15.4. The molecule has 0 radical (unpaired) electrons. The summed E-state index contributed by atoms with van der Waals surface area (Å²) in [6.45, 7) is 1.76. The van der Waals surface area contributed by atoms with E-state index in [4.69, 9.17) is 14.9 Å². The van der Waals surface area contributed by atoms with E-state index < -0.39 is 10.0 Å². The zero-order valence-electron chi connectivity index (χ0n) is 11.9. The maximum atomic E-state index is 12.3. The lowest BCUT2D eigenvalue weighted by Gasteiger charge is -2.14. The number of methoxy groups -OCH3 is 1. The summed E-state index contributed by atoms with van der Waals surface area (Å²) in [6, 6.07) is 7.71. The molecule has 0 bridgehead atoms. The maximum Gasteiger partial charge on any atom is 0.242 e. The molecule has 0 aliphatic carbocycles. The molecular weight excluding hydrogens is 292 g/mol. The predicted molar refractivity (Wildman–Crippen MR) is 79.6 cm³/mol. The van der Waals surface area contributed by atoms with Crippen molar-refractivity contribution in [1.29, 1.82) is 0 Å². The van der Waals surface area contributed by atoms with Crippen LogP contribution in [0.1, 0.15) is 12.7 Å². The number of nitrogens with one attached hydrogen (secondary N) is 1. The monoisotopic (exact) mass is 310 g/mol. The molecule has 7 heteroatoms. The highest BCUT2D eigenvalue weighted by Crippen LogP contribution is 2.24. The molecule has 0 aliphatic heterocycles. The molecule has 2 rings (SSSR count). The van der Waals surface area contributed by atoms with E-state index in [1.807, 2.05) is 0 Å². The third-order valence-corrected chi connectivity index (χ3v) is 4.61. The Kier molecular flexibility index (Phi) is 4.54. The zero-order valence-corrected chi connectivity index (χ0v) is 12.7. The second kappa shape index (κ2) is 6.19. The van der Waals surface area contributed by atoms with Gasteiger partial charge in [0.2, 0.25) is 10.0 Å². The van der Waals surface area contributed by atoms with Crippen LogP contribution in [0.25, 0.3) is 0 Å². The van der Waals surface area contributed by atoms with Crippen molar-refractivity contribution in [3.05, 3.63) is 42.4 Å². The topological polar surface area (TPSA) is 94.6 Å². The normalized spacial score (nSPS) is 13.0. The highest BCUT2D eigenvalue weighted by atomic mass is 32.2. The van der Waals surface area contributed by atoms with Gasteiger partial charge in [-0.15, -0.1) is 0 Å². The molecule has 0 fully saturated rings. The fourth-order valence-corrected chi connectivity index (χ4v) is 3.36. The number of sulfonamides is 1. The number of rotatable bonds is 6. The first-order valence-electron chi connectivity index (χ1n) is 6.40. The Morgan fingerprint density at radius 2 is 2.14 bits per heavy atom. The van der Waals surface area contributed by atoms with E-state index in [9.17, 15) is 8.42 Å². The van der Waals surface area contributed by atoms with E-state index in [0.717, 1.165) is 0 Å². The molecule has 1 heterocycles. The van der Waals surface area contributed by atoms with Crippen LogP contribution in [0.2, 0.25) is 0 Å². The lowest BCUT2D eigenvalue weighted by atomic mass is 10.2. The fraction of sp³-hybridized carbons (Fsp3) is 0.286. The van der Waals surface area contributed by atoms with Crippen LogP contribution in [0.5, 0.6) is 5.75 Å². The molecule has 1 unspecified atom stereocenters. The Labute approximate surface area is 124 Å². The molecule has 114 valence electrons. The quantitative estimate of drug-likeness (QED) is 0.793. The second-order valence-electron chi connectivity index (χ2n) is 4.71. The molecular formula is C14H18N2O4S. The number of hydrogen-bond acceptors (Lipinski definition) is 5. The van der Waals surface area contributed by atoms with Gasteiger partial charge in [-0.3, -0.25) is 0 Å². The molecule has 6 nitrogen and oxygen atoms in total. The Morgan fingerprint density at radius 1 is 1.38 bits per heavy atom. The maximum absolute atomic E-state index is 12.3. The van der Waals surface area contributed by atoms with Crippen LogP contribution >= 0.6 is 0 Å². The van der Waals surface area contributed by atoms with Gasteiger partial charge in [0, 0.05) is 18.5 Å². The van der Waals surface area contributed by atoms with Gasteiger partial charge in [0.15, 0.2) is 0 Å². The summed E-state index contributed by atoms with van der Waals surface area (Å²) in [4.78, 5) is 0.0367. The molecule has 0 saturated heterocycles. The summed E-state index contributed by atoms with van der Waals surface area (Å²) in [5, 5.41) is 0. The van der Waals surface area contributed by atoms with E-state index in [2.05, 4.69) is 4.72 Å². The molecule has 1 atom stereocenters. The van der Waals surface area contributed by atoms with Crippen molar-refractivity contribution in [3.63, 3.8) is 0 Å². The Morgan fingerprint density at radius 3 is 2.71 bits per heavy atom. The molecule has 3 N–H and O–H groups in total. The van der Waals surface area contributed by atoms with Crippen LogP contribution in [-0.4, -0.2) is 21.6 Å². The minimum absolute atomic E-state index is 0.0367. The first-order chi connectivity index (χ1) is 9.92. The van der Waals surface area contributed by atoms with Gasteiger partial charge in [-0.25, -0.2) is 13.1 Å². The van der Waals surface area contributed by atoms with E-state index in [1.165, 1.54) is 19.2 Å². The molecule has 0 aliphatic rings. The number of furan rings is 1. The Balaban J connectivity index is 2.14. The highest BCUT2D eigenvalue weighted by Gasteiger charge is 2.21. The number of benzene rings is 1. The predicted octanol–water partition coefficient (Wildman–Crippen LogP) is 1.78. The zero-order chi connectivity index (χ0) is 15.5. The summed E-state index contributed by atoms with van der Waals surface area (Å²) < 4.78 is 37.4. The molecule has 0 spiro atoms. The summed E-state index contributed by atoms with van der Waals surface area (Å²) in [7, 11) is -2.20. The van der Waals surface area contributed by atoms with Crippen molar-refractivity contribution in [3.8, 4) is 5.75 Å². The van der Waals surface area contributed by atoms with Crippen molar-refractivity contribution in [2.75, 3.05) is 12.8 Å². The van der Waals surface area contributed by atoms with Crippen LogP contribution in [0, 0.1) is 0 Å². The average molecular weight is 310 g/mol. The lowest BCUT2D eigenvalue weighted by Crippen LogP contribution is -2.34. The smallest absolute Gasteiger partial charge is 0.242 e. The molecule has 0 amide bonds.